The summed E-state index contributed by atoms with van der Waals surface area (Å²) in [5, 5.41) is 2.73. The van der Waals surface area contributed by atoms with Gasteiger partial charge in [-0.15, -0.1) is 0 Å². The third kappa shape index (κ3) is 4.79. The van der Waals surface area contributed by atoms with Crippen LogP contribution in [0, 0.1) is 5.82 Å². The van der Waals surface area contributed by atoms with Crippen molar-refractivity contribution in [3.63, 3.8) is 0 Å². The van der Waals surface area contributed by atoms with E-state index in [1.807, 2.05) is 0 Å². The Labute approximate surface area is 147 Å². The van der Waals surface area contributed by atoms with Gasteiger partial charge in [-0.25, -0.2) is 4.39 Å². The molecule has 1 atom stereocenters. The standard InChI is InChI=1S/C17H16BrFN2O3/c1-10(24-15-7-6-13(19)8-14(15)18)17(23)21-9-11-2-4-12(5-3-11)16(20)22/h2-8,10H,9H2,1H3,(H2,20,22)(H,21,23)/t10-/m1/s1. The van der Waals surface area contributed by atoms with E-state index >= 15 is 0 Å². The topological polar surface area (TPSA) is 81.4 Å². The molecular weight excluding hydrogens is 379 g/mol. The predicted molar refractivity (Wildman–Crippen MR) is 91.0 cm³/mol. The Balaban J connectivity index is 1.90. The van der Waals surface area contributed by atoms with Crippen LogP contribution in [-0.4, -0.2) is 17.9 Å². The maximum atomic E-state index is 13.0. The molecule has 0 aliphatic heterocycles. The van der Waals surface area contributed by atoms with E-state index in [4.69, 9.17) is 10.5 Å². The van der Waals surface area contributed by atoms with Crippen LogP contribution in [0.25, 0.3) is 0 Å². The lowest BCUT2D eigenvalue weighted by Crippen LogP contribution is -2.36. The van der Waals surface area contributed by atoms with Gasteiger partial charge in [0.2, 0.25) is 5.91 Å². The number of benzene rings is 2. The highest BCUT2D eigenvalue weighted by molar-refractivity contribution is 9.10. The normalized spacial score (nSPS) is 11.6. The first-order valence-electron chi connectivity index (χ1n) is 7.15. The van der Waals surface area contributed by atoms with Crippen molar-refractivity contribution in [3.8, 4) is 5.75 Å². The van der Waals surface area contributed by atoms with Crippen LogP contribution in [0.3, 0.4) is 0 Å². The summed E-state index contributed by atoms with van der Waals surface area (Å²) in [6.45, 7) is 1.89. The lowest BCUT2D eigenvalue weighted by molar-refractivity contribution is -0.127. The summed E-state index contributed by atoms with van der Waals surface area (Å²) in [4.78, 5) is 23.1. The van der Waals surface area contributed by atoms with Gasteiger partial charge in [0.05, 0.1) is 4.47 Å². The molecular formula is C17H16BrFN2O3. The molecule has 0 saturated carbocycles. The second kappa shape index (κ2) is 7.92. The molecule has 0 unspecified atom stereocenters. The fourth-order valence-corrected chi connectivity index (χ4v) is 2.38. The van der Waals surface area contributed by atoms with Crippen LogP contribution >= 0.6 is 15.9 Å². The molecule has 0 aliphatic rings. The number of primary amides is 1. The van der Waals surface area contributed by atoms with E-state index in [9.17, 15) is 14.0 Å². The largest absolute Gasteiger partial charge is 0.480 e. The minimum Gasteiger partial charge on any atom is -0.480 e. The van der Waals surface area contributed by atoms with Crippen molar-refractivity contribution in [3.05, 3.63) is 63.9 Å². The van der Waals surface area contributed by atoms with E-state index in [2.05, 4.69) is 21.2 Å². The first-order chi connectivity index (χ1) is 11.4. The average Bonchev–Trinajstić information content (AvgIpc) is 2.55. The number of ether oxygens (including phenoxy) is 1. The minimum absolute atomic E-state index is 0.288. The van der Waals surface area contributed by atoms with Gasteiger partial charge in [0, 0.05) is 12.1 Å². The van der Waals surface area contributed by atoms with Crippen LogP contribution in [-0.2, 0) is 11.3 Å². The van der Waals surface area contributed by atoms with Crippen molar-refractivity contribution >= 4 is 27.7 Å². The summed E-state index contributed by atoms with van der Waals surface area (Å²) in [5.74, 6) is -0.835. The SMILES string of the molecule is C[C@@H](Oc1ccc(F)cc1Br)C(=O)NCc1ccc(C(N)=O)cc1. The van der Waals surface area contributed by atoms with Crippen LogP contribution in [0.4, 0.5) is 4.39 Å². The molecule has 24 heavy (non-hydrogen) atoms. The summed E-state index contributed by atoms with van der Waals surface area (Å²) in [6.07, 6.45) is -0.753. The minimum atomic E-state index is -0.753. The highest BCUT2D eigenvalue weighted by Gasteiger charge is 2.16. The van der Waals surface area contributed by atoms with E-state index in [0.29, 0.717) is 15.8 Å². The molecule has 2 amide bonds. The number of hydrogen-bond acceptors (Lipinski definition) is 3. The van der Waals surface area contributed by atoms with E-state index in [-0.39, 0.29) is 12.5 Å². The average molecular weight is 395 g/mol. The molecule has 126 valence electrons. The van der Waals surface area contributed by atoms with Crippen molar-refractivity contribution in [2.75, 3.05) is 0 Å². The van der Waals surface area contributed by atoms with Gasteiger partial charge in [-0.1, -0.05) is 12.1 Å². The van der Waals surface area contributed by atoms with E-state index in [1.54, 1.807) is 31.2 Å². The van der Waals surface area contributed by atoms with Crippen molar-refractivity contribution in [1.82, 2.24) is 5.32 Å². The number of carbonyl (C=O) groups is 2. The molecule has 7 heteroatoms. The zero-order valence-corrected chi connectivity index (χ0v) is 14.5. The number of halogens is 2. The Kier molecular flexibility index (Phi) is 5.92. The second-order valence-corrected chi connectivity index (χ2v) is 5.97. The molecule has 0 aliphatic carbocycles. The fourth-order valence-electron chi connectivity index (χ4n) is 1.93. The zero-order valence-electron chi connectivity index (χ0n) is 12.9. The van der Waals surface area contributed by atoms with Crippen molar-refractivity contribution in [1.29, 1.82) is 0 Å². The van der Waals surface area contributed by atoms with Gasteiger partial charge in [0.1, 0.15) is 11.6 Å². The highest BCUT2D eigenvalue weighted by Crippen LogP contribution is 2.26. The molecule has 5 nitrogen and oxygen atoms in total. The number of amides is 2. The quantitative estimate of drug-likeness (QED) is 0.789. The Morgan fingerprint density at radius 3 is 2.50 bits per heavy atom. The van der Waals surface area contributed by atoms with Gasteiger partial charge in [-0.3, -0.25) is 9.59 Å². The van der Waals surface area contributed by atoms with E-state index < -0.39 is 17.8 Å². The molecule has 0 bridgehead atoms. The molecule has 2 rings (SSSR count). The molecule has 0 saturated heterocycles. The van der Waals surface area contributed by atoms with Gasteiger partial charge >= 0.3 is 0 Å². The number of nitrogens with two attached hydrogens (primary N) is 1. The highest BCUT2D eigenvalue weighted by atomic mass is 79.9. The van der Waals surface area contributed by atoms with E-state index in [1.165, 1.54) is 18.2 Å². The molecule has 2 aromatic rings. The third-order valence-corrected chi connectivity index (χ3v) is 3.89. The van der Waals surface area contributed by atoms with Gasteiger partial charge < -0.3 is 15.8 Å². The summed E-state index contributed by atoms with van der Waals surface area (Å²) in [6, 6.07) is 10.6. The van der Waals surface area contributed by atoms with Gasteiger partial charge in [-0.05, 0) is 58.7 Å². The number of rotatable bonds is 6. The number of carbonyl (C=O) groups excluding carboxylic acids is 2. The molecule has 0 heterocycles. The van der Waals surface area contributed by atoms with Gasteiger partial charge in [-0.2, -0.15) is 0 Å². The van der Waals surface area contributed by atoms with Crippen molar-refractivity contribution in [2.24, 2.45) is 5.73 Å². The van der Waals surface area contributed by atoms with Crippen LogP contribution in [0.2, 0.25) is 0 Å². The third-order valence-electron chi connectivity index (χ3n) is 3.27. The maximum absolute atomic E-state index is 13.0. The first kappa shape index (κ1) is 17.9. The summed E-state index contributed by atoms with van der Waals surface area (Å²) in [7, 11) is 0. The molecule has 2 aromatic carbocycles. The predicted octanol–water partition coefficient (Wildman–Crippen LogP) is 2.77. The lowest BCUT2D eigenvalue weighted by Gasteiger charge is -2.16. The first-order valence-corrected chi connectivity index (χ1v) is 7.94. The van der Waals surface area contributed by atoms with Crippen LogP contribution < -0.4 is 15.8 Å². The van der Waals surface area contributed by atoms with Crippen LogP contribution in [0.15, 0.2) is 46.9 Å². The summed E-state index contributed by atoms with van der Waals surface area (Å²) < 4.78 is 19.0. The maximum Gasteiger partial charge on any atom is 0.261 e. The summed E-state index contributed by atoms with van der Waals surface area (Å²) >= 11 is 3.18. The Bertz CT molecular complexity index is 750. The molecule has 0 fully saturated rings. The number of nitrogens with one attached hydrogen (secondary N) is 1. The smallest absolute Gasteiger partial charge is 0.261 e. The Morgan fingerprint density at radius 2 is 1.92 bits per heavy atom. The zero-order chi connectivity index (χ0) is 17.7. The molecule has 3 N–H and O–H groups in total. The number of hydrogen-bond donors (Lipinski definition) is 2. The van der Waals surface area contributed by atoms with Crippen LogP contribution in [0.5, 0.6) is 5.75 Å². The molecule has 0 spiro atoms. The molecule has 0 aromatic heterocycles. The monoisotopic (exact) mass is 394 g/mol. The second-order valence-electron chi connectivity index (χ2n) is 5.11. The van der Waals surface area contributed by atoms with Crippen LogP contribution in [0.1, 0.15) is 22.8 Å². The summed E-state index contributed by atoms with van der Waals surface area (Å²) in [5.41, 5.74) is 6.40. The van der Waals surface area contributed by atoms with Gasteiger partial charge in [0.25, 0.3) is 5.91 Å². The lowest BCUT2D eigenvalue weighted by atomic mass is 10.1. The molecule has 0 radical (unpaired) electrons. The Morgan fingerprint density at radius 1 is 1.25 bits per heavy atom. The van der Waals surface area contributed by atoms with E-state index in [0.717, 1.165) is 5.56 Å². The van der Waals surface area contributed by atoms with Gasteiger partial charge in [0.15, 0.2) is 6.10 Å². The fraction of sp³-hybridized carbons (Fsp3) is 0.176. The van der Waals surface area contributed by atoms with Crippen molar-refractivity contribution in [2.45, 2.75) is 19.6 Å². The Hall–Kier alpha value is -2.41. The van der Waals surface area contributed by atoms with Crippen molar-refractivity contribution < 1.29 is 18.7 Å².